The number of anilines is 1. The number of nitro groups is 1. The molecule has 18 heavy (non-hydrogen) atoms. The first kappa shape index (κ1) is 12.2. The predicted molar refractivity (Wildman–Crippen MR) is 68.6 cm³/mol. The molecule has 1 heterocycles. The van der Waals surface area contributed by atoms with Crippen LogP contribution in [0.2, 0.25) is 0 Å². The van der Waals surface area contributed by atoms with Crippen molar-refractivity contribution in [2.45, 2.75) is 19.9 Å². The maximum Gasteiger partial charge on any atom is 0.271 e. The summed E-state index contributed by atoms with van der Waals surface area (Å²) in [6.07, 6.45) is 1.60. The van der Waals surface area contributed by atoms with Crippen LogP contribution < -0.4 is 5.32 Å². The van der Waals surface area contributed by atoms with Gasteiger partial charge in [-0.25, -0.2) is 0 Å². The lowest BCUT2D eigenvalue weighted by molar-refractivity contribution is -0.384. The molecule has 94 valence electrons. The van der Waals surface area contributed by atoms with E-state index in [-0.39, 0.29) is 11.7 Å². The van der Waals surface area contributed by atoms with Gasteiger partial charge in [-0.2, -0.15) is 0 Å². The van der Waals surface area contributed by atoms with Crippen LogP contribution in [0.15, 0.2) is 41.0 Å². The van der Waals surface area contributed by atoms with E-state index in [1.165, 1.54) is 12.1 Å². The lowest BCUT2D eigenvalue weighted by atomic mass is 10.1. The van der Waals surface area contributed by atoms with Crippen molar-refractivity contribution in [1.29, 1.82) is 0 Å². The van der Waals surface area contributed by atoms with Crippen molar-refractivity contribution in [3.05, 3.63) is 58.0 Å². The van der Waals surface area contributed by atoms with E-state index in [0.29, 0.717) is 0 Å². The van der Waals surface area contributed by atoms with Crippen LogP contribution in [-0.4, -0.2) is 4.92 Å². The van der Waals surface area contributed by atoms with E-state index >= 15 is 0 Å². The van der Waals surface area contributed by atoms with Crippen LogP contribution in [0.1, 0.15) is 24.3 Å². The Balaban J connectivity index is 2.23. The average Bonchev–Trinajstić information content (AvgIpc) is 2.85. The molecule has 2 rings (SSSR count). The third kappa shape index (κ3) is 2.51. The number of aryl methyl sites for hydroxylation is 1. The van der Waals surface area contributed by atoms with Crippen LogP contribution in [0.5, 0.6) is 0 Å². The van der Waals surface area contributed by atoms with Gasteiger partial charge in [0, 0.05) is 17.8 Å². The Bertz CT molecular complexity index is 549. The molecule has 0 aliphatic carbocycles. The first-order chi connectivity index (χ1) is 8.58. The zero-order valence-corrected chi connectivity index (χ0v) is 10.2. The molecular weight excluding hydrogens is 232 g/mol. The fourth-order valence-electron chi connectivity index (χ4n) is 1.72. The monoisotopic (exact) mass is 246 g/mol. The number of benzene rings is 1. The number of furan rings is 1. The summed E-state index contributed by atoms with van der Waals surface area (Å²) in [7, 11) is 0. The van der Waals surface area contributed by atoms with E-state index < -0.39 is 4.92 Å². The van der Waals surface area contributed by atoms with Crippen LogP contribution in [0, 0.1) is 17.0 Å². The Hall–Kier alpha value is -2.30. The van der Waals surface area contributed by atoms with Gasteiger partial charge >= 0.3 is 0 Å². The average molecular weight is 246 g/mol. The Morgan fingerprint density at radius 3 is 2.78 bits per heavy atom. The van der Waals surface area contributed by atoms with Gasteiger partial charge in [-0.15, -0.1) is 0 Å². The zero-order valence-electron chi connectivity index (χ0n) is 10.2. The largest absolute Gasteiger partial charge is 0.467 e. The molecule has 0 saturated heterocycles. The first-order valence-electron chi connectivity index (χ1n) is 5.63. The highest BCUT2D eigenvalue weighted by Gasteiger charge is 2.12. The second-order valence-electron chi connectivity index (χ2n) is 4.14. The minimum absolute atomic E-state index is 0.0410. The van der Waals surface area contributed by atoms with Gasteiger partial charge in [0.25, 0.3) is 5.69 Å². The summed E-state index contributed by atoms with van der Waals surface area (Å²) < 4.78 is 5.29. The number of hydrogen-bond acceptors (Lipinski definition) is 4. The molecule has 0 bridgehead atoms. The van der Waals surface area contributed by atoms with E-state index in [4.69, 9.17) is 4.42 Å². The molecule has 1 N–H and O–H groups in total. The minimum Gasteiger partial charge on any atom is -0.467 e. The SMILES string of the molecule is Cc1ccc([N+](=O)[O-])cc1NC(C)c1ccco1. The van der Waals surface area contributed by atoms with E-state index in [0.717, 1.165) is 17.0 Å². The van der Waals surface area contributed by atoms with Gasteiger partial charge in [-0.3, -0.25) is 10.1 Å². The second-order valence-corrected chi connectivity index (χ2v) is 4.14. The molecule has 1 atom stereocenters. The van der Waals surface area contributed by atoms with Crippen LogP contribution in [-0.2, 0) is 0 Å². The number of nitro benzene ring substituents is 1. The van der Waals surface area contributed by atoms with Crippen LogP contribution in [0.4, 0.5) is 11.4 Å². The lowest BCUT2D eigenvalue weighted by Gasteiger charge is -2.14. The molecule has 0 spiro atoms. The molecule has 0 saturated carbocycles. The van der Waals surface area contributed by atoms with Crippen LogP contribution >= 0.6 is 0 Å². The maximum atomic E-state index is 10.7. The van der Waals surface area contributed by atoms with Crippen molar-refractivity contribution in [3.63, 3.8) is 0 Å². The Kier molecular flexibility index (Phi) is 3.32. The third-order valence-corrected chi connectivity index (χ3v) is 2.77. The van der Waals surface area contributed by atoms with Crippen molar-refractivity contribution in [2.24, 2.45) is 0 Å². The molecule has 1 unspecified atom stereocenters. The first-order valence-corrected chi connectivity index (χ1v) is 5.63. The van der Waals surface area contributed by atoms with Gasteiger partial charge in [0.1, 0.15) is 5.76 Å². The number of non-ortho nitro benzene ring substituents is 1. The fraction of sp³-hybridized carbons (Fsp3) is 0.231. The summed E-state index contributed by atoms with van der Waals surface area (Å²) >= 11 is 0. The summed E-state index contributed by atoms with van der Waals surface area (Å²) in [4.78, 5) is 10.3. The summed E-state index contributed by atoms with van der Waals surface area (Å²) in [5.41, 5.74) is 1.78. The Morgan fingerprint density at radius 2 is 2.17 bits per heavy atom. The summed E-state index contributed by atoms with van der Waals surface area (Å²) in [5.74, 6) is 0.793. The lowest BCUT2D eigenvalue weighted by Crippen LogP contribution is -2.07. The maximum absolute atomic E-state index is 10.7. The zero-order chi connectivity index (χ0) is 13.1. The molecule has 0 amide bonds. The topological polar surface area (TPSA) is 68.3 Å². The molecular formula is C13H14N2O3. The van der Waals surface area contributed by atoms with Gasteiger partial charge in [0.05, 0.1) is 17.2 Å². The van der Waals surface area contributed by atoms with Gasteiger partial charge < -0.3 is 9.73 Å². The van der Waals surface area contributed by atoms with Gasteiger partial charge in [-0.1, -0.05) is 6.07 Å². The van der Waals surface area contributed by atoms with Gasteiger partial charge in [-0.05, 0) is 31.5 Å². The van der Waals surface area contributed by atoms with Crippen molar-refractivity contribution >= 4 is 11.4 Å². The van der Waals surface area contributed by atoms with Crippen molar-refractivity contribution in [2.75, 3.05) is 5.32 Å². The predicted octanol–water partition coefficient (Wildman–Crippen LogP) is 3.67. The summed E-state index contributed by atoms with van der Waals surface area (Å²) in [5, 5.41) is 13.9. The molecule has 5 heteroatoms. The quantitative estimate of drug-likeness (QED) is 0.660. The Morgan fingerprint density at radius 1 is 1.39 bits per heavy atom. The highest BCUT2D eigenvalue weighted by Crippen LogP contribution is 2.26. The minimum atomic E-state index is -0.401. The van der Waals surface area contributed by atoms with Crippen molar-refractivity contribution < 1.29 is 9.34 Å². The molecule has 0 radical (unpaired) electrons. The Labute approximate surface area is 105 Å². The molecule has 2 aromatic rings. The van der Waals surface area contributed by atoms with E-state index in [1.54, 1.807) is 12.3 Å². The third-order valence-electron chi connectivity index (χ3n) is 2.77. The molecule has 1 aromatic carbocycles. The smallest absolute Gasteiger partial charge is 0.271 e. The number of hydrogen-bond donors (Lipinski definition) is 1. The van der Waals surface area contributed by atoms with Crippen molar-refractivity contribution in [3.8, 4) is 0 Å². The van der Waals surface area contributed by atoms with E-state index in [1.807, 2.05) is 26.0 Å². The summed E-state index contributed by atoms with van der Waals surface area (Å²) in [6, 6.07) is 8.40. The number of rotatable bonds is 4. The second kappa shape index (κ2) is 4.91. The number of nitrogens with zero attached hydrogens (tertiary/aromatic N) is 1. The number of nitrogens with one attached hydrogen (secondary N) is 1. The highest BCUT2D eigenvalue weighted by molar-refractivity contribution is 5.57. The molecule has 5 nitrogen and oxygen atoms in total. The van der Waals surface area contributed by atoms with E-state index in [9.17, 15) is 10.1 Å². The fourth-order valence-corrected chi connectivity index (χ4v) is 1.72. The van der Waals surface area contributed by atoms with Gasteiger partial charge in [0.15, 0.2) is 0 Å². The molecule has 0 aliphatic rings. The van der Waals surface area contributed by atoms with Crippen molar-refractivity contribution in [1.82, 2.24) is 0 Å². The summed E-state index contributed by atoms with van der Waals surface area (Å²) in [6.45, 7) is 3.85. The van der Waals surface area contributed by atoms with E-state index in [2.05, 4.69) is 5.32 Å². The molecule has 0 aliphatic heterocycles. The molecule has 0 fully saturated rings. The molecule has 1 aromatic heterocycles. The normalized spacial score (nSPS) is 12.1. The standard InChI is InChI=1S/C13H14N2O3/c1-9-5-6-11(15(16)17)8-12(9)14-10(2)13-4-3-7-18-13/h3-8,10,14H,1-2H3. The van der Waals surface area contributed by atoms with Gasteiger partial charge in [0.2, 0.25) is 0 Å². The van der Waals surface area contributed by atoms with Crippen LogP contribution in [0.25, 0.3) is 0 Å². The van der Waals surface area contributed by atoms with Crippen LogP contribution in [0.3, 0.4) is 0 Å². The highest BCUT2D eigenvalue weighted by atomic mass is 16.6.